The maximum absolute atomic E-state index is 11.3. The number of primary amides is 1. The molecule has 2 rings (SSSR count). The molecule has 2 aromatic carbocycles. The van der Waals surface area contributed by atoms with Crippen molar-refractivity contribution in [3.63, 3.8) is 0 Å². The third kappa shape index (κ3) is 3.35. The van der Waals surface area contributed by atoms with Crippen molar-refractivity contribution >= 4 is 27.5 Å². The molecule has 4 heteroatoms. The number of anilines is 1. The van der Waals surface area contributed by atoms with Gasteiger partial charge in [0.1, 0.15) is 0 Å². The van der Waals surface area contributed by atoms with Gasteiger partial charge in [-0.3, -0.25) is 4.79 Å². The number of hydrogen-bond donors (Lipinski definition) is 2. The molecule has 0 saturated carbocycles. The molecule has 0 aliphatic heterocycles. The van der Waals surface area contributed by atoms with E-state index in [-0.39, 0.29) is 0 Å². The Balaban J connectivity index is 2.17. The largest absolute Gasteiger partial charge is 0.380 e. The molecule has 0 saturated heterocycles. The number of nitrogens with one attached hydrogen (secondary N) is 1. The van der Waals surface area contributed by atoms with Crippen LogP contribution in [0.3, 0.4) is 0 Å². The first-order chi connectivity index (χ1) is 9.08. The number of carbonyl (C=O) groups is 1. The molecule has 2 aromatic rings. The molecular weight excluding hydrogens is 304 g/mol. The third-order valence-corrected chi connectivity index (χ3v) is 3.53. The summed E-state index contributed by atoms with van der Waals surface area (Å²) in [4.78, 5) is 11.3. The summed E-state index contributed by atoms with van der Waals surface area (Å²) in [6.45, 7) is 2.59. The normalized spacial score (nSPS) is 10.2. The van der Waals surface area contributed by atoms with Gasteiger partial charge < -0.3 is 11.1 Å². The van der Waals surface area contributed by atoms with Crippen LogP contribution in [-0.4, -0.2) is 5.91 Å². The minimum Gasteiger partial charge on any atom is -0.380 e. The Morgan fingerprint density at radius 2 is 2.00 bits per heavy atom. The van der Waals surface area contributed by atoms with Gasteiger partial charge in [-0.15, -0.1) is 0 Å². The molecule has 0 aromatic heterocycles. The van der Waals surface area contributed by atoms with E-state index in [1.165, 1.54) is 5.56 Å². The van der Waals surface area contributed by atoms with E-state index in [2.05, 4.69) is 21.2 Å². The zero-order valence-electron chi connectivity index (χ0n) is 10.6. The fourth-order valence-electron chi connectivity index (χ4n) is 1.87. The molecule has 0 unspecified atom stereocenters. The van der Waals surface area contributed by atoms with Gasteiger partial charge in [0.2, 0.25) is 5.91 Å². The van der Waals surface area contributed by atoms with Crippen LogP contribution in [0.5, 0.6) is 0 Å². The third-order valence-electron chi connectivity index (χ3n) is 2.88. The number of benzene rings is 2. The second-order valence-electron chi connectivity index (χ2n) is 4.36. The lowest BCUT2D eigenvalue weighted by Crippen LogP contribution is -2.15. The molecule has 1 amide bonds. The summed E-state index contributed by atoms with van der Waals surface area (Å²) in [5, 5.41) is 3.30. The lowest BCUT2D eigenvalue weighted by molar-refractivity contribution is 0.0999. The van der Waals surface area contributed by atoms with Crippen molar-refractivity contribution in [3.05, 3.63) is 63.6 Å². The number of hydrogen-bond acceptors (Lipinski definition) is 2. The summed E-state index contributed by atoms with van der Waals surface area (Å²) in [6, 6.07) is 13.4. The van der Waals surface area contributed by atoms with Gasteiger partial charge in [0.05, 0.1) is 0 Å². The highest BCUT2D eigenvalue weighted by molar-refractivity contribution is 9.10. The molecule has 0 bridgehead atoms. The number of aryl methyl sites for hydroxylation is 1. The summed E-state index contributed by atoms with van der Waals surface area (Å²) in [5.74, 6) is -0.402. The van der Waals surface area contributed by atoms with Crippen molar-refractivity contribution in [2.75, 3.05) is 5.32 Å². The predicted molar refractivity (Wildman–Crippen MR) is 81.2 cm³/mol. The average molecular weight is 319 g/mol. The monoisotopic (exact) mass is 318 g/mol. The Bertz CT molecular complexity index is 611. The second-order valence-corrected chi connectivity index (χ2v) is 5.21. The molecule has 3 N–H and O–H groups in total. The zero-order chi connectivity index (χ0) is 13.8. The molecular formula is C15H15BrN2O. The van der Waals surface area contributed by atoms with Gasteiger partial charge in [-0.2, -0.15) is 0 Å². The minimum atomic E-state index is -0.402. The number of amides is 1. The molecule has 0 heterocycles. The van der Waals surface area contributed by atoms with Crippen LogP contribution in [0.25, 0.3) is 0 Å². The minimum absolute atomic E-state index is 0.402. The Morgan fingerprint density at radius 3 is 2.68 bits per heavy atom. The SMILES string of the molecule is Cc1ccc(NCc2ccccc2C(N)=O)c(Br)c1. The summed E-state index contributed by atoms with van der Waals surface area (Å²) < 4.78 is 1.00. The van der Waals surface area contributed by atoms with Crippen LogP contribution < -0.4 is 11.1 Å². The highest BCUT2D eigenvalue weighted by atomic mass is 79.9. The molecule has 3 nitrogen and oxygen atoms in total. The van der Waals surface area contributed by atoms with Gasteiger partial charge in [-0.1, -0.05) is 24.3 Å². The number of carbonyl (C=O) groups excluding carboxylic acids is 1. The predicted octanol–water partition coefficient (Wildman–Crippen LogP) is 3.47. The van der Waals surface area contributed by atoms with E-state index in [4.69, 9.17) is 5.73 Å². The molecule has 0 aliphatic carbocycles. The van der Waals surface area contributed by atoms with E-state index in [1.807, 2.05) is 43.3 Å². The highest BCUT2D eigenvalue weighted by Gasteiger charge is 2.07. The second kappa shape index (κ2) is 5.89. The molecule has 0 atom stereocenters. The Kier molecular flexibility index (Phi) is 4.22. The maximum Gasteiger partial charge on any atom is 0.249 e. The van der Waals surface area contributed by atoms with Crippen LogP contribution in [0.15, 0.2) is 46.9 Å². The topological polar surface area (TPSA) is 55.1 Å². The van der Waals surface area contributed by atoms with E-state index in [0.29, 0.717) is 12.1 Å². The molecule has 0 fully saturated rings. The number of rotatable bonds is 4. The van der Waals surface area contributed by atoms with Crippen LogP contribution in [0.1, 0.15) is 21.5 Å². The van der Waals surface area contributed by atoms with Gasteiger partial charge in [-0.05, 0) is 52.2 Å². The lowest BCUT2D eigenvalue weighted by atomic mass is 10.1. The zero-order valence-corrected chi connectivity index (χ0v) is 12.2. The fourth-order valence-corrected chi connectivity index (χ4v) is 2.50. The lowest BCUT2D eigenvalue weighted by Gasteiger charge is -2.11. The molecule has 0 spiro atoms. The van der Waals surface area contributed by atoms with E-state index >= 15 is 0 Å². The molecule has 19 heavy (non-hydrogen) atoms. The van der Waals surface area contributed by atoms with Gasteiger partial charge in [-0.25, -0.2) is 0 Å². The summed E-state index contributed by atoms with van der Waals surface area (Å²) >= 11 is 3.51. The maximum atomic E-state index is 11.3. The molecule has 0 aliphatic rings. The summed E-state index contributed by atoms with van der Waals surface area (Å²) in [6.07, 6.45) is 0. The van der Waals surface area contributed by atoms with E-state index in [9.17, 15) is 4.79 Å². The van der Waals surface area contributed by atoms with Crippen molar-refractivity contribution in [3.8, 4) is 0 Å². The Morgan fingerprint density at radius 1 is 1.26 bits per heavy atom. The summed E-state index contributed by atoms with van der Waals surface area (Å²) in [7, 11) is 0. The Hall–Kier alpha value is -1.81. The highest BCUT2D eigenvalue weighted by Crippen LogP contribution is 2.24. The van der Waals surface area contributed by atoms with Crippen LogP contribution in [0.2, 0.25) is 0 Å². The van der Waals surface area contributed by atoms with Crippen LogP contribution >= 0.6 is 15.9 Å². The Labute approximate surface area is 121 Å². The van der Waals surface area contributed by atoms with E-state index in [1.54, 1.807) is 6.07 Å². The van der Waals surface area contributed by atoms with Gasteiger partial charge in [0.15, 0.2) is 0 Å². The van der Waals surface area contributed by atoms with Crippen molar-refractivity contribution < 1.29 is 4.79 Å². The van der Waals surface area contributed by atoms with Crippen molar-refractivity contribution in [1.82, 2.24) is 0 Å². The van der Waals surface area contributed by atoms with Gasteiger partial charge >= 0.3 is 0 Å². The van der Waals surface area contributed by atoms with Crippen LogP contribution in [-0.2, 0) is 6.54 Å². The smallest absolute Gasteiger partial charge is 0.249 e. The average Bonchev–Trinajstić information content (AvgIpc) is 2.38. The van der Waals surface area contributed by atoms with Crippen molar-refractivity contribution in [2.24, 2.45) is 5.73 Å². The van der Waals surface area contributed by atoms with Crippen LogP contribution in [0, 0.1) is 6.92 Å². The van der Waals surface area contributed by atoms with Crippen LogP contribution in [0.4, 0.5) is 5.69 Å². The first kappa shape index (κ1) is 13.6. The van der Waals surface area contributed by atoms with Gasteiger partial charge in [0.25, 0.3) is 0 Å². The number of halogens is 1. The standard InChI is InChI=1S/C15H15BrN2O/c1-10-6-7-14(13(16)8-10)18-9-11-4-2-3-5-12(11)15(17)19/h2-8,18H,9H2,1H3,(H2,17,19). The van der Waals surface area contributed by atoms with E-state index < -0.39 is 5.91 Å². The quantitative estimate of drug-likeness (QED) is 0.906. The van der Waals surface area contributed by atoms with Gasteiger partial charge in [0, 0.05) is 22.3 Å². The van der Waals surface area contributed by atoms with E-state index in [0.717, 1.165) is 15.7 Å². The fraction of sp³-hybridized carbons (Fsp3) is 0.133. The first-order valence-corrected chi connectivity index (χ1v) is 6.75. The summed E-state index contributed by atoms with van der Waals surface area (Å²) in [5.41, 5.74) is 8.98. The molecule has 98 valence electrons. The number of nitrogens with two attached hydrogens (primary N) is 1. The first-order valence-electron chi connectivity index (χ1n) is 5.95. The van der Waals surface area contributed by atoms with Crippen molar-refractivity contribution in [2.45, 2.75) is 13.5 Å². The van der Waals surface area contributed by atoms with Crippen molar-refractivity contribution in [1.29, 1.82) is 0 Å². The molecule has 0 radical (unpaired) electrons.